The fourth-order valence-electron chi connectivity index (χ4n) is 2.34. The number of nitrogens with zero attached hydrogens (tertiary/aromatic N) is 2. The third kappa shape index (κ3) is 6.76. The highest BCUT2D eigenvalue weighted by Gasteiger charge is 2.48. The smallest absolute Gasteiger partial charge is 0.390 e. The van der Waals surface area contributed by atoms with Gasteiger partial charge in [-0.1, -0.05) is 0 Å². The van der Waals surface area contributed by atoms with E-state index in [2.05, 4.69) is 18.1 Å². The molecular weight excluding hydrogens is 463 g/mol. The Hall–Kier alpha value is -0.990. The van der Waals surface area contributed by atoms with Crippen LogP contribution in [-0.2, 0) is 31.6 Å². The van der Waals surface area contributed by atoms with Crippen LogP contribution in [0.2, 0.25) is 0 Å². The average molecular weight is 481 g/mol. The predicted molar refractivity (Wildman–Crippen MR) is 91.9 cm³/mol. The van der Waals surface area contributed by atoms with E-state index in [-0.39, 0.29) is 12.2 Å². The zero-order chi connectivity index (χ0) is 22.3. The second-order valence-electron chi connectivity index (χ2n) is 6.04. The maximum absolute atomic E-state index is 11.9. The molecule has 0 amide bonds. The van der Waals surface area contributed by atoms with Crippen LogP contribution >= 0.6 is 23.5 Å². The van der Waals surface area contributed by atoms with Crippen molar-refractivity contribution in [2.45, 2.75) is 31.3 Å². The first-order valence-electron chi connectivity index (χ1n) is 7.51. The van der Waals surface area contributed by atoms with Crippen molar-refractivity contribution >= 4 is 29.3 Å². The Morgan fingerprint density at radius 2 is 1.90 bits per heavy atom. The molecule has 0 aliphatic carbocycles. The molecule has 1 aromatic heterocycles. The Labute approximate surface area is 162 Å². The molecule has 0 spiro atoms. The second kappa shape index (κ2) is 8.27. The number of anilines is 1. The molecule has 2 rings (SSSR count). The van der Waals surface area contributed by atoms with Crippen molar-refractivity contribution in [1.82, 2.24) is 9.55 Å². The van der Waals surface area contributed by atoms with Gasteiger partial charge in [0.2, 0.25) is 0 Å². The van der Waals surface area contributed by atoms with Crippen molar-refractivity contribution in [3.05, 3.63) is 22.7 Å². The molecule has 2 heterocycles. The third-order valence-electron chi connectivity index (χ3n) is 3.63. The standard InChI is InChI=1S/C10H18N3O13P3/c1-10(5-23-28(19,20)26-29(21,22)25-27(16,17)18)6(14)4-8(24-10)13-3-2-7(11)12-9(13)15/h2-3,6,8,14H,4-5H2,1H3,(H,19,20)(H,21,22)(H2,11,12,15)(H2,16,17,18)/t6-,8+,10+/m0/s1. The van der Waals surface area contributed by atoms with Crippen LogP contribution in [-0.4, -0.2) is 52.5 Å². The number of hydrogen-bond donors (Lipinski definition) is 6. The number of phosphoric acid groups is 3. The molecule has 0 radical (unpaired) electrons. The first-order valence-corrected chi connectivity index (χ1v) is 12.0. The van der Waals surface area contributed by atoms with Gasteiger partial charge < -0.3 is 35.2 Å². The molecule has 166 valence electrons. The van der Waals surface area contributed by atoms with Gasteiger partial charge in [0, 0.05) is 12.6 Å². The van der Waals surface area contributed by atoms with Gasteiger partial charge in [-0.3, -0.25) is 9.09 Å². The molecule has 0 aromatic carbocycles. The molecule has 1 aromatic rings. The number of aliphatic hydroxyl groups excluding tert-OH is 1. The van der Waals surface area contributed by atoms with E-state index in [1.54, 1.807) is 0 Å². The molecular formula is C10H18N3O13P3. The number of ether oxygens (including phenoxy) is 1. The Morgan fingerprint density at radius 1 is 1.28 bits per heavy atom. The minimum Gasteiger partial charge on any atom is -0.390 e. The SMILES string of the molecule is C[C@]1(COP(=O)(O)OP(=O)(O)OP(=O)(O)O)O[C@@H](n2ccc(N)nc2=O)C[C@@H]1O. The molecule has 0 bridgehead atoms. The van der Waals surface area contributed by atoms with Gasteiger partial charge in [-0.2, -0.15) is 13.6 Å². The van der Waals surface area contributed by atoms with Crippen LogP contribution in [0, 0.1) is 0 Å². The molecule has 19 heteroatoms. The summed E-state index contributed by atoms with van der Waals surface area (Å²) in [6.45, 7) is 0.365. The summed E-state index contributed by atoms with van der Waals surface area (Å²) in [6, 6.07) is 1.30. The quantitative estimate of drug-likeness (QED) is 0.249. The minimum absolute atomic E-state index is 0.0415. The van der Waals surface area contributed by atoms with E-state index in [0.29, 0.717) is 0 Å². The summed E-state index contributed by atoms with van der Waals surface area (Å²) in [4.78, 5) is 50.9. The minimum atomic E-state index is -5.68. The number of rotatable bonds is 8. The molecule has 29 heavy (non-hydrogen) atoms. The topological polar surface area (TPSA) is 250 Å². The van der Waals surface area contributed by atoms with Crippen molar-refractivity contribution in [2.75, 3.05) is 12.3 Å². The highest BCUT2D eigenvalue weighted by molar-refractivity contribution is 7.66. The van der Waals surface area contributed by atoms with Gasteiger partial charge >= 0.3 is 29.2 Å². The lowest BCUT2D eigenvalue weighted by Crippen LogP contribution is -2.40. The van der Waals surface area contributed by atoms with Crippen LogP contribution in [0.1, 0.15) is 19.6 Å². The van der Waals surface area contributed by atoms with E-state index in [0.717, 1.165) is 4.57 Å². The Kier molecular flexibility index (Phi) is 6.92. The molecule has 16 nitrogen and oxygen atoms in total. The van der Waals surface area contributed by atoms with Crippen LogP contribution in [0.25, 0.3) is 0 Å². The normalized spacial score (nSPS) is 29.3. The van der Waals surface area contributed by atoms with Gasteiger partial charge in [-0.05, 0) is 13.0 Å². The van der Waals surface area contributed by atoms with Crippen LogP contribution in [0.15, 0.2) is 17.1 Å². The van der Waals surface area contributed by atoms with Crippen molar-refractivity contribution < 1.29 is 56.3 Å². The Bertz CT molecular complexity index is 962. The van der Waals surface area contributed by atoms with Crippen LogP contribution in [0.4, 0.5) is 5.82 Å². The van der Waals surface area contributed by atoms with Gasteiger partial charge in [0.1, 0.15) is 17.6 Å². The number of nitrogen functional groups attached to an aromatic ring is 1. The van der Waals surface area contributed by atoms with Crippen molar-refractivity contribution in [3.63, 3.8) is 0 Å². The van der Waals surface area contributed by atoms with E-state index < -0.39 is 53.7 Å². The highest BCUT2D eigenvalue weighted by Crippen LogP contribution is 2.66. The number of hydrogen-bond acceptors (Lipinski definition) is 11. The lowest BCUT2D eigenvalue weighted by molar-refractivity contribution is -0.114. The van der Waals surface area contributed by atoms with E-state index in [9.17, 15) is 28.5 Å². The molecule has 1 fully saturated rings. The molecule has 0 saturated carbocycles. The lowest BCUT2D eigenvalue weighted by Gasteiger charge is -2.28. The molecule has 2 unspecified atom stereocenters. The molecule has 1 saturated heterocycles. The third-order valence-corrected chi connectivity index (χ3v) is 7.41. The van der Waals surface area contributed by atoms with E-state index >= 15 is 0 Å². The zero-order valence-electron chi connectivity index (χ0n) is 14.5. The van der Waals surface area contributed by atoms with Crippen molar-refractivity contribution in [3.8, 4) is 0 Å². The van der Waals surface area contributed by atoms with Crippen LogP contribution in [0.3, 0.4) is 0 Å². The van der Waals surface area contributed by atoms with Crippen molar-refractivity contribution in [1.29, 1.82) is 0 Å². The number of nitrogens with two attached hydrogens (primary N) is 1. The maximum Gasteiger partial charge on any atom is 0.490 e. The second-order valence-corrected chi connectivity index (χ2v) is 10.5. The van der Waals surface area contributed by atoms with Gasteiger partial charge in [0.05, 0.1) is 12.7 Å². The molecule has 7 N–H and O–H groups in total. The van der Waals surface area contributed by atoms with Gasteiger partial charge in [0.25, 0.3) is 0 Å². The first kappa shape index (κ1) is 24.3. The summed E-state index contributed by atoms with van der Waals surface area (Å²) < 4.78 is 51.9. The van der Waals surface area contributed by atoms with Gasteiger partial charge in [-0.15, -0.1) is 0 Å². The summed E-state index contributed by atoms with van der Waals surface area (Å²) in [7, 11) is -16.6. The number of phosphoric ester groups is 1. The monoisotopic (exact) mass is 481 g/mol. The molecule has 1 aliphatic rings. The summed E-state index contributed by atoms with van der Waals surface area (Å²) in [5, 5.41) is 10.2. The highest BCUT2D eigenvalue weighted by atomic mass is 31.3. The maximum atomic E-state index is 11.9. The largest absolute Gasteiger partial charge is 0.490 e. The van der Waals surface area contributed by atoms with E-state index in [1.807, 2.05) is 0 Å². The van der Waals surface area contributed by atoms with E-state index in [4.69, 9.17) is 25.2 Å². The van der Waals surface area contributed by atoms with Crippen LogP contribution < -0.4 is 11.4 Å². The average Bonchev–Trinajstić information content (AvgIpc) is 2.77. The lowest BCUT2D eigenvalue weighted by atomic mass is 10.0. The fourth-order valence-corrected chi connectivity index (χ4v) is 5.45. The van der Waals surface area contributed by atoms with Crippen molar-refractivity contribution in [2.24, 2.45) is 0 Å². The summed E-state index contributed by atoms with van der Waals surface area (Å²) in [5.74, 6) is -0.0415. The van der Waals surface area contributed by atoms with Crippen LogP contribution in [0.5, 0.6) is 0 Å². The molecule has 1 aliphatic heterocycles. The first-order chi connectivity index (χ1) is 13.0. The van der Waals surface area contributed by atoms with Gasteiger partial charge in [0.15, 0.2) is 0 Å². The number of aliphatic hydroxyl groups is 1. The van der Waals surface area contributed by atoms with E-state index in [1.165, 1.54) is 19.2 Å². The molecule has 5 atom stereocenters. The number of aromatic nitrogens is 2. The summed E-state index contributed by atoms with van der Waals surface area (Å²) >= 11 is 0. The van der Waals surface area contributed by atoms with Gasteiger partial charge in [-0.25, -0.2) is 18.5 Å². The predicted octanol–water partition coefficient (Wildman–Crippen LogP) is -0.793. The summed E-state index contributed by atoms with van der Waals surface area (Å²) in [5.41, 5.74) is 2.92. The zero-order valence-corrected chi connectivity index (χ0v) is 17.2. The Balaban J connectivity index is 2.07. The Morgan fingerprint density at radius 3 is 2.45 bits per heavy atom. The summed E-state index contributed by atoms with van der Waals surface area (Å²) in [6.07, 6.45) is -1.26. The fraction of sp³-hybridized carbons (Fsp3) is 0.600.